The monoisotopic (exact) mass is 455 g/mol. The van der Waals surface area contributed by atoms with Crippen LogP contribution < -0.4 is 5.32 Å². The number of benzene rings is 1. The molecule has 8 nitrogen and oxygen atoms in total. The molecule has 0 saturated carbocycles. The number of sulfonamides is 1. The number of rotatable bonds is 6. The van der Waals surface area contributed by atoms with Crippen molar-refractivity contribution in [1.82, 2.24) is 24.4 Å². The number of fused-ring (bicyclic) bond motifs is 1. The molecule has 4 rings (SSSR count). The predicted molar refractivity (Wildman–Crippen MR) is 123 cm³/mol. The quantitative estimate of drug-likeness (QED) is 0.614. The van der Waals surface area contributed by atoms with Crippen molar-refractivity contribution < 1.29 is 13.2 Å². The molecule has 1 amide bonds. The van der Waals surface area contributed by atoms with Gasteiger partial charge in [-0.15, -0.1) is 0 Å². The van der Waals surface area contributed by atoms with E-state index in [2.05, 4.69) is 15.4 Å². The number of aryl methyl sites for hydroxylation is 1. The zero-order valence-electron chi connectivity index (χ0n) is 18.7. The summed E-state index contributed by atoms with van der Waals surface area (Å²) in [5.41, 5.74) is 2.59. The number of nitrogens with zero attached hydrogens (tertiary/aromatic N) is 4. The van der Waals surface area contributed by atoms with Crippen molar-refractivity contribution >= 4 is 27.0 Å². The maximum absolute atomic E-state index is 12.9. The van der Waals surface area contributed by atoms with Crippen LogP contribution in [0.25, 0.3) is 11.0 Å². The molecule has 3 aromatic rings. The first kappa shape index (κ1) is 22.4. The lowest BCUT2D eigenvalue weighted by atomic mass is 10.1. The summed E-state index contributed by atoms with van der Waals surface area (Å²) in [4.78, 5) is 17.7. The first-order valence-electron chi connectivity index (χ1n) is 11.0. The van der Waals surface area contributed by atoms with Crippen LogP contribution in [0.3, 0.4) is 0 Å². The summed E-state index contributed by atoms with van der Waals surface area (Å²) in [6.07, 6.45) is 4.56. The molecule has 1 aliphatic heterocycles. The Balaban J connectivity index is 1.50. The molecule has 32 heavy (non-hydrogen) atoms. The summed E-state index contributed by atoms with van der Waals surface area (Å²) in [6, 6.07) is 8.77. The van der Waals surface area contributed by atoms with Gasteiger partial charge in [-0.2, -0.15) is 9.40 Å². The Kier molecular flexibility index (Phi) is 6.30. The fraction of sp³-hybridized carbons (Fsp3) is 0.435. The van der Waals surface area contributed by atoms with Gasteiger partial charge in [-0.1, -0.05) is 18.6 Å². The molecular weight excluding hydrogens is 426 g/mol. The molecule has 1 N–H and O–H groups in total. The second-order valence-corrected chi connectivity index (χ2v) is 10.4. The van der Waals surface area contributed by atoms with Gasteiger partial charge in [0.05, 0.1) is 22.3 Å². The average molecular weight is 456 g/mol. The van der Waals surface area contributed by atoms with E-state index in [4.69, 9.17) is 0 Å². The zero-order chi connectivity index (χ0) is 22.9. The number of nitrogens with one attached hydrogen (secondary N) is 1. The highest BCUT2D eigenvalue weighted by Gasteiger charge is 2.26. The summed E-state index contributed by atoms with van der Waals surface area (Å²) in [6.45, 7) is 7.22. The molecule has 1 saturated heterocycles. The van der Waals surface area contributed by atoms with E-state index in [-0.39, 0.29) is 23.4 Å². The third-order valence-electron chi connectivity index (χ3n) is 5.80. The van der Waals surface area contributed by atoms with Gasteiger partial charge in [-0.3, -0.25) is 4.79 Å². The smallest absolute Gasteiger partial charge is 0.253 e. The summed E-state index contributed by atoms with van der Waals surface area (Å²) in [5, 5.41) is 8.07. The molecule has 0 bridgehead atoms. The van der Waals surface area contributed by atoms with Crippen LogP contribution in [0, 0.1) is 6.92 Å². The summed E-state index contributed by atoms with van der Waals surface area (Å²) in [7, 11) is -3.51. The van der Waals surface area contributed by atoms with Crippen LogP contribution in [-0.2, 0) is 16.6 Å². The fourth-order valence-corrected chi connectivity index (χ4v) is 5.61. The van der Waals surface area contributed by atoms with Crippen LogP contribution in [0.5, 0.6) is 0 Å². The van der Waals surface area contributed by atoms with Gasteiger partial charge in [0.1, 0.15) is 0 Å². The van der Waals surface area contributed by atoms with Gasteiger partial charge < -0.3 is 5.32 Å². The SMILES string of the molecule is Cc1nc2c(cnn2C(C)C)cc1C(=O)NCc1cccc(S(=O)(=O)N2CCCCC2)c1. The van der Waals surface area contributed by atoms with Crippen molar-refractivity contribution in [3.05, 3.63) is 53.3 Å². The van der Waals surface area contributed by atoms with E-state index >= 15 is 0 Å². The van der Waals surface area contributed by atoms with E-state index in [9.17, 15) is 13.2 Å². The Morgan fingerprint density at radius 1 is 1.16 bits per heavy atom. The van der Waals surface area contributed by atoms with Crippen LogP contribution in [0.4, 0.5) is 0 Å². The molecule has 1 fully saturated rings. The topological polar surface area (TPSA) is 97.2 Å². The molecule has 2 aromatic heterocycles. The van der Waals surface area contributed by atoms with Crippen LogP contribution in [-0.4, -0.2) is 46.5 Å². The summed E-state index contributed by atoms with van der Waals surface area (Å²) in [5.74, 6) is -0.251. The van der Waals surface area contributed by atoms with Crippen molar-refractivity contribution in [2.45, 2.75) is 57.5 Å². The number of hydrogen-bond donors (Lipinski definition) is 1. The lowest BCUT2D eigenvalue weighted by Gasteiger charge is -2.26. The lowest BCUT2D eigenvalue weighted by molar-refractivity contribution is 0.0950. The number of piperidine rings is 1. The minimum absolute atomic E-state index is 0.174. The molecule has 1 aliphatic rings. The molecule has 0 radical (unpaired) electrons. The highest BCUT2D eigenvalue weighted by molar-refractivity contribution is 7.89. The number of carbonyl (C=O) groups excluding carboxylic acids is 1. The molecule has 0 aliphatic carbocycles. The second-order valence-electron chi connectivity index (χ2n) is 8.51. The standard InChI is InChI=1S/C23H29N5O3S/c1-16(2)28-22-19(15-25-28)13-21(17(3)26-22)23(29)24-14-18-8-7-9-20(12-18)32(30,31)27-10-5-4-6-11-27/h7-9,12-13,15-16H,4-6,10-11,14H2,1-3H3,(H,24,29). The molecule has 0 unspecified atom stereocenters. The summed E-state index contributed by atoms with van der Waals surface area (Å²) < 4.78 is 29.3. The van der Waals surface area contributed by atoms with Crippen LogP contribution in [0.1, 0.15) is 60.8 Å². The van der Waals surface area contributed by atoms with Crippen molar-refractivity contribution in [3.8, 4) is 0 Å². The second kappa shape index (κ2) is 8.99. The van der Waals surface area contributed by atoms with Gasteiger partial charge in [-0.25, -0.2) is 18.1 Å². The van der Waals surface area contributed by atoms with Gasteiger partial charge in [0.15, 0.2) is 5.65 Å². The van der Waals surface area contributed by atoms with E-state index in [1.165, 1.54) is 0 Å². The van der Waals surface area contributed by atoms with Crippen LogP contribution in [0.2, 0.25) is 0 Å². The van der Waals surface area contributed by atoms with Gasteiger partial charge in [0.25, 0.3) is 5.91 Å². The van der Waals surface area contributed by atoms with Gasteiger partial charge in [-0.05, 0) is 57.4 Å². The lowest BCUT2D eigenvalue weighted by Crippen LogP contribution is -2.35. The van der Waals surface area contributed by atoms with Crippen LogP contribution >= 0.6 is 0 Å². The van der Waals surface area contributed by atoms with E-state index in [0.717, 1.165) is 35.9 Å². The van der Waals surface area contributed by atoms with E-state index in [1.807, 2.05) is 24.6 Å². The first-order chi connectivity index (χ1) is 15.3. The van der Waals surface area contributed by atoms with Gasteiger partial charge in [0, 0.05) is 31.1 Å². The maximum atomic E-state index is 12.9. The first-order valence-corrected chi connectivity index (χ1v) is 12.4. The van der Waals surface area contributed by atoms with Crippen molar-refractivity contribution in [2.75, 3.05) is 13.1 Å². The Bertz CT molecular complexity index is 1240. The molecule has 3 heterocycles. The van der Waals surface area contributed by atoms with Gasteiger partial charge in [0.2, 0.25) is 10.0 Å². The van der Waals surface area contributed by atoms with Crippen LogP contribution in [0.15, 0.2) is 41.4 Å². The largest absolute Gasteiger partial charge is 0.348 e. The number of aromatic nitrogens is 3. The predicted octanol–water partition coefficient (Wildman–Crippen LogP) is 3.43. The zero-order valence-corrected chi connectivity index (χ0v) is 19.5. The normalized spacial score (nSPS) is 15.4. The molecule has 0 spiro atoms. The number of pyridine rings is 1. The highest BCUT2D eigenvalue weighted by atomic mass is 32.2. The van der Waals surface area contributed by atoms with E-state index < -0.39 is 10.0 Å². The molecule has 9 heteroatoms. The molecule has 1 aromatic carbocycles. The van der Waals surface area contributed by atoms with Crippen molar-refractivity contribution in [2.24, 2.45) is 0 Å². The molecular formula is C23H29N5O3S. The van der Waals surface area contributed by atoms with Crippen molar-refractivity contribution in [1.29, 1.82) is 0 Å². The third kappa shape index (κ3) is 4.40. The average Bonchev–Trinajstić information content (AvgIpc) is 3.20. The van der Waals surface area contributed by atoms with Crippen molar-refractivity contribution in [3.63, 3.8) is 0 Å². The Hall–Kier alpha value is -2.78. The number of carbonyl (C=O) groups is 1. The fourth-order valence-electron chi connectivity index (χ4n) is 4.02. The summed E-state index contributed by atoms with van der Waals surface area (Å²) >= 11 is 0. The van der Waals surface area contributed by atoms with Gasteiger partial charge >= 0.3 is 0 Å². The maximum Gasteiger partial charge on any atom is 0.253 e. The third-order valence-corrected chi connectivity index (χ3v) is 7.69. The molecule has 0 atom stereocenters. The number of hydrogen-bond acceptors (Lipinski definition) is 5. The Morgan fingerprint density at radius 2 is 1.91 bits per heavy atom. The minimum atomic E-state index is -3.51. The Morgan fingerprint density at radius 3 is 2.62 bits per heavy atom. The minimum Gasteiger partial charge on any atom is -0.348 e. The van der Waals surface area contributed by atoms with E-state index in [0.29, 0.717) is 24.3 Å². The number of amides is 1. The Labute approximate surface area is 188 Å². The molecule has 170 valence electrons. The highest BCUT2D eigenvalue weighted by Crippen LogP contribution is 2.22. The van der Waals surface area contributed by atoms with E-state index in [1.54, 1.807) is 41.7 Å².